The number of benzene rings is 1. The normalized spacial score (nSPS) is 19.1. The van der Waals surface area contributed by atoms with Crippen LogP contribution >= 0.6 is 11.6 Å². The molecule has 4 heterocycles. The van der Waals surface area contributed by atoms with Gasteiger partial charge in [0, 0.05) is 49.1 Å². The van der Waals surface area contributed by atoms with E-state index in [1.807, 2.05) is 36.1 Å². The van der Waals surface area contributed by atoms with Crippen LogP contribution in [0.3, 0.4) is 0 Å². The quantitative estimate of drug-likeness (QED) is 0.614. The van der Waals surface area contributed by atoms with Crippen LogP contribution in [0.5, 0.6) is 0 Å². The molecule has 1 aromatic carbocycles. The van der Waals surface area contributed by atoms with Crippen LogP contribution in [-0.2, 0) is 0 Å². The van der Waals surface area contributed by atoms with Crippen molar-refractivity contribution in [3.8, 4) is 0 Å². The number of hydrogen-bond donors (Lipinski definition) is 0. The standard InChI is InChI=1S/C24H22ClN5O2/c1-14-19(17-5-3-2-4-16(17)8-26-14)22(31)29-10-24(11-29)12-30(13-24)23(32)20-18(25)9-27-21(28-20)15-6-7-15/h2-5,8-9,15H,6-7,10-13H2,1H3. The number of carbonyl (C=O) groups is 2. The molecule has 0 bridgehead atoms. The van der Waals surface area contributed by atoms with Gasteiger partial charge < -0.3 is 9.80 Å². The molecule has 3 aliphatic rings. The van der Waals surface area contributed by atoms with Crippen LogP contribution in [0, 0.1) is 12.3 Å². The Morgan fingerprint density at radius 3 is 2.41 bits per heavy atom. The fourth-order valence-electron chi connectivity index (χ4n) is 4.92. The zero-order valence-corrected chi connectivity index (χ0v) is 18.5. The molecule has 2 aromatic heterocycles. The first-order valence-electron chi connectivity index (χ1n) is 10.9. The highest BCUT2D eigenvalue weighted by Crippen LogP contribution is 2.42. The minimum absolute atomic E-state index is 0.00937. The van der Waals surface area contributed by atoms with Gasteiger partial charge in [0.15, 0.2) is 5.69 Å². The lowest BCUT2D eigenvalue weighted by Crippen LogP contribution is -2.73. The van der Waals surface area contributed by atoms with E-state index in [2.05, 4.69) is 15.0 Å². The van der Waals surface area contributed by atoms with Crippen LogP contribution in [0.15, 0.2) is 36.7 Å². The van der Waals surface area contributed by atoms with Gasteiger partial charge in [-0.05, 0) is 25.2 Å². The summed E-state index contributed by atoms with van der Waals surface area (Å²) in [5.74, 6) is 0.936. The fourth-order valence-corrected chi connectivity index (χ4v) is 5.10. The molecule has 2 aliphatic heterocycles. The number of pyridine rings is 1. The first kappa shape index (κ1) is 19.6. The fraction of sp³-hybridized carbons (Fsp3) is 0.375. The average molecular weight is 448 g/mol. The molecule has 0 unspecified atom stereocenters. The molecular weight excluding hydrogens is 426 g/mol. The number of rotatable bonds is 3. The third-order valence-electron chi connectivity index (χ3n) is 6.79. The van der Waals surface area contributed by atoms with E-state index in [0.29, 0.717) is 54.2 Å². The van der Waals surface area contributed by atoms with Gasteiger partial charge in [0.1, 0.15) is 5.82 Å². The maximum atomic E-state index is 13.2. The van der Waals surface area contributed by atoms with E-state index in [4.69, 9.17) is 11.6 Å². The zero-order chi connectivity index (χ0) is 22.0. The van der Waals surface area contributed by atoms with Crippen molar-refractivity contribution in [3.63, 3.8) is 0 Å². The third kappa shape index (κ3) is 3.06. The molecule has 8 heteroatoms. The van der Waals surface area contributed by atoms with Crippen LogP contribution in [-0.4, -0.2) is 62.7 Å². The van der Waals surface area contributed by atoms with Crippen molar-refractivity contribution >= 4 is 34.2 Å². The van der Waals surface area contributed by atoms with Crippen LogP contribution in [0.4, 0.5) is 0 Å². The van der Waals surface area contributed by atoms with Crippen molar-refractivity contribution in [1.29, 1.82) is 0 Å². The summed E-state index contributed by atoms with van der Waals surface area (Å²) in [7, 11) is 0. The van der Waals surface area contributed by atoms with Crippen LogP contribution in [0.25, 0.3) is 10.8 Å². The lowest BCUT2D eigenvalue weighted by molar-refractivity contribution is -0.0823. The second kappa shape index (κ2) is 6.97. The van der Waals surface area contributed by atoms with Crippen molar-refractivity contribution in [1.82, 2.24) is 24.8 Å². The molecular formula is C24H22ClN5O2. The Kier molecular flexibility index (Phi) is 4.27. The maximum Gasteiger partial charge on any atom is 0.274 e. The second-order valence-corrected chi connectivity index (χ2v) is 9.73. The Bertz CT molecular complexity index is 1270. The van der Waals surface area contributed by atoms with Crippen molar-refractivity contribution in [3.05, 3.63) is 64.5 Å². The smallest absolute Gasteiger partial charge is 0.274 e. The van der Waals surface area contributed by atoms with Gasteiger partial charge in [0.2, 0.25) is 0 Å². The molecule has 0 radical (unpaired) electrons. The highest BCUT2D eigenvalue weighted by molar-refractivity contribution is 6.33. The Balaban J connectivity index is 1.14. The van der Waals surface area contributed by atoms with Gasteiger partial charge in [-0.15, -0.1) is 0 Å². The Morgan fingerprint density at radius 2 is 1.69 bits per heavy atom. The number of likely N-dealkylation sites (tertiary alicyclic amines) is 2. The molecule has 3 aromatic rings. The molecule has 2 amide bonds. The van der Waals surface area contributed by atoms with E-state index in [9.17, 15) is 9.59 Å². The Morgan fingerprint density at radius 1 is 1.00 bits per heavy atom. The molecule has 2 saturated heterocycles. The van der Waals surface area contributed by atoms with E-state index < -0.39 is 0 Å². The third-order valence-corrected chi connectivity index (χ3v) is 7.07. The summed E-state index contributed by atoms with van der Waals surface area (Å²) in [5, 5.41) is 2.19. The number of fused-ring (bicyclic) bond motifs is 1. The molecule has 6 rings (SSSR count). The van der Waals surface area contributed by atoms with Gasteiger partial charge in [-0.3, -0.25) is 14.6 Å². The van der Waals surface area contributed by atoms with Gasteiger partial charge in [-0.1, -0.05) is 35.9 Å². The molecule has 1 aliphatic carbocycles. The minimum Gasteiger partial charge on any atom is -0.337 e. The largest absolute Gasteiger partial charge is 0.337 e. The second-order valence-electron chi connectivity index (χ2n) is 9.33. The molecule has 0 atom stereocenters. The van der Waals surface area contributed by atoms with Gasteiger partial charge in [0.05, 0.1) is 22.5 Å². The monoisotopic (exact) mass is 447 g/mol. The summed E-state index contributed by atoms with van der Waals surface area (Å²) in [4.78, 5) is 43.0. The van der Waals surface area contributed by atoms with E-state index in [0.717, 1.165) is 29.3 Å². The summed E-state index contributed by atoms with van der Waals surface area (Å²) in [6, 6.07) is 7.83. The van der Waals surface area contributed by atoms with Crippen molar-refractivity contribution in [2.24, 2.45) is 5.41 Å². The molecule has 1 spiro atoms. The zero-order valence-electron chi connectivity index (χ0n) is 17.7. The average Bonchev–Trinajstić information content (AvgIpc) is 3.57. The highest BCUT2D eigenvalue weighted by Gasteiger charge is 2.55. The minimum atomic E-state index is -0.149. The number of carbonyl (C=O) groups excluding carboxylic acids is 2. The summed E-state index contributed by atoms with van der Waals surface area (Å²) < 4.78 is 0. The molecule has 32 heavy (non-hydrogen) atoms. The van der Waals surface area contributed by atoms with E-state index in [1.165, 1.54) is 6.20 Å². The molecule has 0 N–H and O–H groups in total. The first-order valence-corrected chi connectivity index (χ1v) is 11.3. The highest BCUT2D eigenvalue weighted by atomic mass is 35.5. The van der Waals surface area contributed by atoms with Gasteiger partial charge >= 0.3 is 0 Å². The topological polar surface area (TPSA) is 79.3 Å². The van der Waals surface area contributed by atoms with Crippen LogP contribution < -0.4 is 0 Å². The lowest BCUT2D eigenvalue weighted by Gasteiger charge is -2.60. The Hall–Kier alpha value is -3.06. The summed E-state index contributed by atoms with van der Waals surface area (Å²) in [6.07, 6.45) is 5.48. The van der Waals surface area contributed by atoms with Gasteiger partial charge in [-0.25, -0.2) is 9.97 Å². The van der Waals surface area contributed by atoms with Gasteiger partial charge in [0.25, 0.3) is 11.8 Å². The number of amides is 2. The number of hydrogen-bond acceptors (Lipinski definition) is 5. The number of aromatic nitrogens is 3. The van der Waals surface area contributed by atoms with Crippen molar-refractivity contribution in [2.45, 2.75) is 25.7 Å². The summed E-state index contributed by atoms with van der Waals surface area (Å²) in [5.41, 5.74) is 1.68. The number of aryl methyl sites for hydroxylation is 1. The predicted molar refractivity (Wildman–Crippen MR) is 120 cm³/mol. The number of nitrogens with zero attached hydrogens (tertiary/aromatic N) is 5. The van der Waals surface area contributed by atoms with Crippen LogP contribution in [0.1, 0.15) is 51.1 Å². The van der Waals surface area contributed by atoms with Crippen molar-refractivity contribution < 1.29 is 9.59 Å². The Labute approximate surface area is 190 Å². The molecule has 1 saturated carbocycles. The van der Waals surface area contributed by atoms with Crippen LogP contribution in [0.2, 0.25) is 5.02 Å². The predicted octanol–water partition coefficient (Wildman–Crippen LogP) is 3.46. The van der Waals surface area contributed by atoms with E-state index in [-0.39, 0.29) is 17.2 Å². The summed E-state index contributed by atoms with van der Waals surface area (Å²) in [6.45, 7) is 4.38. The summed E-state index contributed by atoms with van der Waals surface area (Å²) >= 11 is 6.22. The van der Waals surface area contributed by atoms with E-state index >= 15 is 0 Å². The van der Waals surface area contributed by atoms with Crippen molar-refractivity contribution in [2.75, 3.05) is 26.2 Å². The number of halogens is 1. The molecule has 3 fully saturated rings. The van der Waals surface area contributed by atoms with E-state index in [1.54, 1.807) is 11.1 Å². The SMILES string of the molecule is Cc1ncc2ccccc2c1C(=O)N1CC2(CN(C(=O)c3nc(C4CC4)ncc3Cl)C2)C1. The first-order chi connectivity index (χ1) is 15.4. The molecule has 7 nitrogen and oxygen atoms in total. The maximum absolute atomic E-state index is 13.2. The molecule has 162 valence electrons. The lowest BCUT2D eigenvalue weighted by atomic mass is 9.72. The van der Waals surface area contributed by atoms with Gasteiger partial charge in [-0.2, -0.15) is 0 Å².